The minimum absolute atomic E-state index is 0.0383. The molecule has 2 N–H and O–H groups in total. The van der Waals surface area contributed by atoms with Crippen LogP contribution in [0.5, 0.6) is 5.75 Å². The second-order valence-corrected chi connectivity index (χ2v) is 4.41. The number of carbonyl (C=O) groups is 2. The van der Waals surface area contributed by atoms with Gasteiger partial charge in [-0.05, 0) is 13.0 Å². The van der Waals surface area contributed by atoms with Gasteiger partial charge in [0, 0.05) is 17.3 Å². The van der Waals surface area contributed by atoms with Crippen LogP contribution in [-0.2, 0) is 14.3 Å². The van der Waals surface area contributed by atoms with Crippen molar-refractivity contribution in [3.63, 3.8) is 0 Å². The molecule has 2 rings (SSSR count). The van der Waals surface area contributed by atoms with E-state index in [1.54, 1.807) is 25.1 Å². The topological polar surface area (TPSA) is 75.6 Å². The van der Waals surface area contributed by atoms with Gasteiger partial charge >= 0.3 is 5.97 Å². The Labute approximate surface area is 110 Å². The van der Waals surface area contributed by atoms with E-state index in [2.05, 4.69) is 10.1 Å². The molecule has 1 aliphatic heterocycles. The van der Waals surface area contributed by atoms with E-state index in [-0.39, 0.29) is 11.5 Å². The van der Waals surface area contributed by atoms with E-state index in [0.717, 1.165) is 0 Å². The van der Waals surface area contributed by atoms with Crippen LogP contribution in [0.3, 0.4) is 0 Å². The molecule has 0 aromatic heterocycles. The maximum Gasteiger partial charge on any atom is 0.319 e. The summed E-state index contributed by atoms with van der Waals surface area (Å²) in [5, 5.41) is 12.9. The van der Waals surface area contributed by atoms with Crippen LogP contribution in [0.1, 0.15) is 18.5 Å². The number of allylic oxidation sites excluding steroid dienone is 2. The van der Waals surface area contributed by atoms with Gasteiger partial charge in [0.2, 0.25) is 0 Å². The number of esters is 1. The Balaban J connectivity index is 2.47. The van der Waals surface area contributed by atoms with E-state index in [4.69, 9.17) is 0 Å². The molecule has 1 aromatic rings. The predicted molar refractivity (Wildman–Crippen MR) is 68.3 cm³/mol. The summed E-state index contributed by atoms with van der Waals surface area (Å²) in [6.07, 6.45) is 1.37. The summed E-state index contributed by atoms with van der Waals surface area (Å²) in [4.78, 5) is 23.8. The number of carbonyl (C=O) groups excluding carboxylic acids is 2. The molecule has 0 fully saturated rings. The molecule has 0 radical (unpaired) electrons. The van der Waals surface area contributed by atoms with Gasteiger partial charge in [-0.25, -0.2) is 0 Å². The molecule has 0 saturated heterocycles. The molecule has 5 nitrogen and oxygen atoms in total. The number of aromatic hydroxyl groups is 1. The molecule has 0 unspecified atom stereocenters. The highest BCUT2D eigenvalue weighted by atomic mass is 16.5. The van der Waals surface area contributed by atoms with Crippen LogP contribution < -0.4 is 5.32 Å². The molecular weight excluding hydrogens is 246 g/mol. The first-order chi connectivity index (χ1) is 9.04. The molecule has 0 amide bonds. The highest BCUT2D eigenvalue weighted by molar-refractivity contribution is 6.06. The Bertz CT molecular complexity index is 550. The number of ether oxygens (including phenoxy) is 1. The van der Waals surface area contributed by atoms with E-state index in [9.17, 15) is 14.7 Å². The zero-order valence-electron chi connectivity index (χ0n) is 10.7. The first-order valence-electron chi connectivity index (χ1n) is 5.89. The van der Waals surface area contributed by atoms with Gasteiger partial charge in [-0.1, -0.05) is 18.2 Å². The van der Waals surface area contributed by atoms with Gasteiger partial charge in [-0.2, -0.15) is 0 Å². The van der Waals surface area contributed by atoms with E-state index in [0.29, 0.717) is 11.3 Å². The molecule has 1 aromatic carbocycles. The largest absolute Gasteiger partial charge is 0.508 e. The Hall–Kier alpha value is -2.30. The van der Waals surface area contributed by atoms with Gasteiger partial charge < -0.3 is 15.2 Å². The average Bonchev–Trinajstić information content (AvgIpc) is 2.37. The van der Waals surface area contributed by atoms with Crippen LogP contribution in [0.15, 0.2) is 36.0 Å². The molecule has 0 spiro atoms. The van der Waals surface area contributed by atoms with Crippen molar-refractivity contribution < 1.29 is 19.4 Å². The summed E-state index contributed by atoms with van der Waals surface area (Å²) >= 11 is 0. The van der Waals surface area contributed by atoms with Gasteiger partial charge in [0.15, 0.2) is 5.78 Å². The standard InChI is InChI=1S/C14H15NO4/c1-8-7-11(17)12(14(18)19-2)13(15-8)9-5-3-4-6-10(9)16/h3-7,12-13,15-16H,1-2H3/t12-,13+/m0/s1. The number of rotatable bonds is 2. The van der Waals surface area contributed by atoms with Crippen molar-refractivity contribution in [1.29, 1.82) is 0 Å². The quantitative estimate of drug-likeness (QED) is 0.620. The molecule has 1 heterocycles. The Morgan fingerprint density at radius 1 is 1.37 bits per heavy atom. The fourth-order valence-electron chi connectivity index (χ4n) is 2.22. The number of methoxy groups -OCH3 is 1. The summed E-state index contributed by atoms with van der Waals surface area (Å²) in [5.74, 6) is -1.88. The molecule has 0 aliphatic carbocycles. The molecule has 2 atom stereocenters. The number of hydrogen-bond donors (Lipinski definition) is 2. The number of hydrogen-bond acceptors (Lipinski definition) is 5. The van der Waals surface area contributed by atoms with Crippen molar-refractivity contribution in [1.82, 2.24) is 5.32 Å². The minimum atomic E-state index is -0.984. The first kappa shape index (κ1) is 13.1. The van der Waals surface area contributed by atoms with Crippen LogP contribution in [-0.4, -0.2) is 24.0 Å². The monoisotopic (exact) mass is 261 g/mol. The number of para-hydroxylation sites is 1. The van der Waals surface area contributed by atoms with Crippen LogP contribution in [0.2, 0.25) is 0 Å². The lowest BCUT2D eigenvalue weighted by molar-refractivity contribution is -0.149. The van der Waals surface area contributed by atoms with Crippen molar-refractivity contribution in [2.24, 2.45) is 5.92 Å². The van der Waals surface area contributed by atoms with E-state index in [1.165, 1.54) is 19.3 Å². The average molecular weight is 261 g/mol. The molecule has 19 heavy (non-hydrogen) atoms. The Morgan fingerprint density at radius 2 is 2.05 bits per heavy atom. The second kappa shape index (κ2) is 5.14. The smallest absolute Gasteiger partial charge is 0.319 e. The maximum atomic E-state index is 12.0. The number of phenolic OH excluding ortho intramolecular Hbond substituents is 1. The molecule has 5 heteroatoms. The summed E-state index contributed by atoms with van der Waals surface area (Å²) in [5.41, 5.74) is 1.15. The van der Waals surface area contributed by atoms with Gasteiger partial charge in [0.1, 0.15) is 11.7 Å². The van der Waals surface area contributed by atoms with E-state index < -0.39 is 17.9 Å². The van der Waals surface area contributed by atoms with Crippen LogP contribution in [0.25, 0.3) is 0 Å². The lowest BCUT2D eigenvalue weighted by Gasteiger charge is -2.30. The molecule has 1 aliphatic rings. The Kier molecular flexibility index (Phi) is 3.55. The summed E-state index contributed by atoms with van der Waals surface area (Å²) in [6.45, 7) is 1.73. The molecule has 100 valence electrons. The second-order valence-electron chi connectivity index (χ2n) is 4.41. The number of nitrogens with one attached hydrogen (secondary N) is 1. The zero-order valence-corrected chi connectivity index (χ0v) is 10.7. The molecule has 0 bridgehead atoms. The van der Waals surface area contributed by atoms with Crippen molar-refractivity contribution in [3.8, 4) is 5.75 Å². The third-order valence-electron chi connectivity index (χ3n) is 3.11. The lowest BCUT2D eigenvalue weighted by atomic mass is 9.86. The highest BCUT2D eigenvalue weighted by Gasteiger charge is 2.39. The van der Waals surface area contributed by atoms with Gasteiger partial charge in [0.25, 0.3) is 0 Å². The third-order valence-corrected chi connectivity index (χ3v) is 3.11. The van der Waals surface area contributed by atoms with Crippen molar-refractivity contribution in [2.75, 3.05) is 7.11 Å². The highest BCUT2D eigenvalue weighted by Crippen LogP contribution is 2.33. The van der Waals surface area contributed by atoms with E-state index in [1.807, 2.05) is 0 Å². The summed E-state index contributed by atoms with van der Waals surface area (Å²) in [7, 11) is 1.24. The van der Waals surface area contributed by atoms with Gasteiger partial charge in [0.05, 0.1) is 13.2 Å². The summed E-state index contributed by atoms with van der Waals surface area (Å²) in [6, 6.07) is 5.99. The minimum Gasteiger partial charge on any atom is -0.508 e. The predicted octanol–water partition coefficient (Wildman–Crippen LogP) is 1.30. The maximum absolute atomic E-state index is 12.0. The first-order valence-corrected chi connectivity index (χ1v) is 5.89. The fraction of sp³-hybridized carbons (Fsp3) is 0.286. The normalized spacial score (nSPS) is 22.4. The van der Waals surface area contributed by atoms with E-state index >= 15 is 0 Å². The van der Waals surface area contributed by atoms with Crippen molar-refractivity contribution in [2.45, 2.75) is 13.0 Å². The third kappa shape index (κ3) is 2.45. The van der Waals surface area contributed by atoms with Gasteiger partial charge in [-0.3, -0.25) is 9.59 Å². The SMILES string of the molecule is COC(=O)[C@H]1C(=O)C=C(C)N[C@@H]1c1ccccc1O. The van der Waals surface area contributed by atoms with Crippen molar-refractivity contribution >= 4 is 11.8 Å². The number of phenols is 1. The van der Waals surface area contributed by atoms with Crippen molar-refractivity contribution in [3.05, 3.63) is 41.6 Å². The van der Waals surface area contributed by atoms with Gasteiger partial charge in [-0.15, -0.1) is 0 Å². The lowest BCUT2D eigenvalue weighted by Crippen LogP contribution is -2.41. The van der Waals surface area contributed by atoms with Crippen LogP contribution >= 0.6 is 0 Å². The summed E-state index contributed by atoms with van der Waals surface area (Å²) < 4.78 is 4.68. The number of benzene rings is 1. The fourth-order valence-corrected chi connectivity index (χ4v) is 2.22. The molecular formula is C14H15NO4. The number of ketones is 1. The van der Waals surface area contributed by atoms with Crippen LogP contribution in [0, 0.1) is 5.92 Å². The van der Waals surface area contributed by atoms with Crippen LogP contribution in [0.4, 0.5) is 0 Å². The zero-order chi connectivity index (χ0) is 14.0. The Morgan fingerprint density at radius 3 is 2.68 bits per heavy atom. The molecule has 0 saturated carbocycles.